The molecule has 1 aromatic carbocycles. The molecule has 1 spiro atoms. The summed E-state index contributed by atoms with van der Waals surface area (Å²) in [6.45, 7) is 4.37. The number of carbonyl (C=O) groups excluding carboxylic acids is 2. The van der Waals surface area contributed by atoms with Crippen molar-refractivity contribution in [3.05, 3.63) is 78.4 Å². The smallest absolute Gasteiger partial charge is 0.407 e. The molecule has 2 aliphatic rings. The molecule has 14 heteroatoms. The van der Waals surface area contributed by atoms with Gasteiger partial charge in [0.25, 0.3) is 0 Å². The number of amides is 3. The molecule has 2 fully saturated rings. The standard InChI is InChI=1S/C35H41N11O3/c1-3-9-29(41-32-38-19-27(16-36)31(42-32)45-22-35(23-45)24-49-34(48)43-35)12-7-8-15-46(33(47)39-17-25-10-5-4-6-11-25)30-14-13-26(18-37-30)28-20-40-44(2)21-28/h4-6,10-11,13-14,18-21,29H,3,7-9,12,15,17,22-24H2,1-2H3,(H,39,47)(H,43,48)(H,38,41,42). The number of hydrogen-bond acceptors (Lipinski definition) is 10. The zero-order valence-electron chi connectivity index (χ0n) is 27.8. The third-order valence-corrected chi connectivity index (χ3v) is 8.77. The number of carbonyl (C=O) groups is 2. The van der Waals surface area contributed by atoms with Crippen LogP contribution in [0.2, 0.25) is 0 Å². The molecular formula is C35H41N11O3. The molecule has 1 atom stereocenters. The molecule has 1 unspecified atom stereocenters. The van der Waals surface area contributed by atoms with Crippen molar-refractivity contribution < 1.29 is 14.3 Å². The number of nitrogens with one attached hydrogen (secondary N) is 3. The number of benzene rings is 1. The normalized spacial score (nSPS) is 15.1. The molecular weight excluding hydrogens is 622 g/mol. The van der Waals surface area contributed by atoms with Crippen LogP contribution in [-0.2, 0) is 18.3 Å². The van der Waals surface area contributed by atoms with Gasteiger partial charge in [0, 0.05) is 62.8 Å². The Morgan fingerprint density at radius 3 is 2.61 bits per heavy atom. The molecule has 4 aromatic rings. The predicted octanol–water partition coefficient (Wildman–Crippen LogP) is 4.61. The van der Waals surface area contributed by atoms with E-state index in [9.17, 15) is 14.9 Å². The second kappa shape index (κ2) is 15.0. The van der Waals surface area contributed by atoms with Gasteiger partial charge in [0.2, 0.25) is 5.95 Å². The number of aryl methyl sites for hydroxylation is 1. The highest BCUT2D eigenvalue weighted by Gasteiger charge is 2.50. The van der Waals surface area contributed by atoms with Crippen LogP contribution in [0.3, 0.4) is 0 Å². The van der Waals surface area contributed by atoms with Gasteiger partial charge in [0.05, 0.1) is 12.4 Å². The third-order valence-electron chi connectivity index (χ3n) is 8.77. The lowest BCUT2D eigenvalue weighted by molar-refractivity contribution is 0.167. The molecule has 14 nitrogen and oxygen atoms in total. The molecule has 254 valence electrons. The van der Waals surface area contributed by atoms with Gasteiger partial charge < -0.3 is 25.6 Å². The SMILES string of the molecule is CCCC(CCCCN(C(=O)NCc1ccccc1)c1ccc(-c2cnn(C)c2)cn1)Nc1ncc(C#N)c(N2CC3(COC(=O)N3)C2)n1. The number of hydrogen-bond donors (Lipinski definition) is 3. The monoisotopic (exact) mass is 663 g/mol. The minimum atomic E-state index is -0.434. The zero-order chi connectivity index (χ0) is 34.2. The summed E-state index contributed by atoms with van der Waals surface area (Å²) in [5, 5.41) is 23.3. The molecule has 0 aliphatic carbocycles. The number of alkyl carbamates (subject to hydrolysis) is 1. The van der Waals surface area contributed by atoms with E-state index >= 15 is 0 Å². The van der Waals surface area contributed by atoms with E-state index in [0.29, 0.717) is 55.9 Å². The van der Waals surface area contributed by atoms with Crippen LogP contribution < -0.4 is 25.8 Å². The Kier molecular flexibility index (Phi) is 10.2. The number of anilines is 3. The lowest BCUT2D eigenvalue weighted by Gasteiger charge is -2.46. The van der Waals surface area contributed by atoms with Crippen molar-refractivity contribution in [1.29, 1.82) is 5.26 Å². The molecule has 49 heavy (non-hydrogen) atoms. The van der Waals surface area contributed by atoms with Gasteiger partial charge in [-0.15, -0.1) is 0 Å². The molecule has 2 saturated heterocycles. The minimum Gasteiger partial charge on any atom is -0.447 e. The average molecular weight is 664 g/mol. The van der Waals surface area contributed by atoms with E-state index in [1.165, 1.54) is 0 Å². The summed E-state index contributed by atoms with van der Waals surface area (Å²) in [5.41, 5.74) is 2.85. The Hall–Kier alpha value is -5.71. The van der Waals surface area contributed by atoms with Gasteiger partial charge in [-0.1, -0.05) is 43.7 Å². The Balaban J connectivity index is 1.08. The van der Waals surface area contributed by atoms with Gasteiger partial charge in [-0.3, -0.25) is 9.58 Å². The van der Waals surface area contributed by atoms with E-state index in [4.69, 9.17) is 9.72 Å². The lowest BCUT2D eigenvalue weighted by Crippen LogP contribution is -2.69. The van der Waals surface area contributed by atoms with E-state index in [1.807, 2.05) is 60.6 Å². The van der Waals surface area contributed by atoms with Crippen LogP contribution in [0.4, 0.5) is 27.2 Å². The first-order chi connectivity index (χ1) is 23.8. The predicted molar refractivity (Wildman–Crippen MR) is 185 cm³/mol. The number of nitriles is 1. The second-order valence-corrected chi connectivity index (χ2v) is 12.6. The van der Waals surface area contributed by atoms with Crippen LogP contribution in [-0.4, -0.2) is 74.7 Å². The average Bonchev–Trinajstić information content (AvgIpc) is 3.72. The largest absolute Gasteiger partial charge is 0.447 e. The second-order valence-electron chi connectivity index (χ2n) is 12.6. The maximum absolute atomic E-state index is 13.5. The quantitative estimate of drug-likeness (QED) is 0.162. The van der Waals surface area contributed by atoms with E-state index in [-0.39, 0.29) is 12.1 Å². The summed E-state index contributed by atoms with van der Waals surface area (Å²) < 4.78 is 6.83. The first-order valence-corrected chi connectivity index (χ1v) is 16.6. The molecule has 0 radical (unpaired) electrons. The van der Waals surface area contributed by atoms with Gasteiger partial charge in [0.1, 0.15) is 29.6 Å². The molecule has 3 amide bonds. The van der Waals surface area contributed by atoms with E-state index < -0.39 is 11.6 Å². The van der Waals surface area contributed by atoms with Crippen molar-refractivity contribution >= 4 is 29.7 Å². The number of pyridine rings is 1. The van der Waals surface area contributed by atoms with Crippen molar-refractivity contribution in [2.24, 2.45) is 7.05 Å². The van der Waals surface area contributed by atoms with Gasteiger partial charge in [0.15, 0.2) is 5.82 Å². The third kappa shape index (κ3) is 8.06. The zero-order valence-corrected chi connectivity index (χ0v) is 27.8. The number of ether oxygens (including phenoxy) is 1. The van der Waals surface area contributed by atoms with Crippen LogP contribution >= 0.6 is 0 Å². The fraction of sp³-hybridized carbons (Fsp3) is 0.400. The van der Waals surface area contributed by atoms with Gasteiger partial charge in [-0.05, 0) is 43.4 Å². The summed E-state index contributed by atoms with van der Waals surface area (Å²) in [6, 6.07) is 15.7. The van der Waals surface area contributed by atoms with Crippen molar-refractivity contribution in [3.8, 4) is 17.2 Å². The molecule has 3 aromatic heterocycles. The fourth-order valence-electron chi connectivity index (χ4n) is 6.22. The summed E-state index contributed by atoms with van der Waals surface area (Å²) in [5.74, 6) is 1.58. The Morgan fingerprint density at radius 2 is 1.94 bits per heavy atom. The highest BCUT2D eigenvalue weighted by molar-refractivity contribution is 5.91. The van der Waals surface area contributed by atoms with Crippen LogP contribution in [0.25, 0.3) is 11.1 Å². The highest BCUT2D eigenvalue weighted by atomic mass is 16.6. The van der Waals surface area contributed by atoms with Crippen LogP contribution in [0, 0.1) is 11.3 Å². The van der Waals surface area contributed by atoms with E-state index in [0.717, 1.165) is 48.8 Å². The van der Waals surface area contributed by atoms with Crippen LogP contribution in [0.15, 0.2) is 67.3 Å². The first-order valence-electron chi connectivity index (χ1n) is 16.6. The summed E-state index contributed by atoms with van der Waals surface area (Å²) in [6.07, 6.45) is 10.9. The Morgan fingerprint density at radius 1 is 1.10 bits per heavy atom. The van der Waals surface area contributed by atoms with Crippen LogP contribution in [0.1, 0.15) is 50.2 Å². The Labute approximate surface area is 285 Å². The van der Waals surface area contributed by atoms with Crippen LogP contribution in [0.5, 0.6) is 0 Å². The number of cyclic esters (lactones) is 1. The minimum absolute atomic E-state index is 0.105. The highest BCUT2D eigenvalue weighted by Crippen LogP contribution is 2.32. The lowest BCUT2D eigenvalue weighted by atomic mass is 9.91. The van der Waals surface area contributed by atoms with E-state index in [1.54, 1.807) is 28.2 Å². The van der Waals surface area contributed by atoms with E-state index in [2.05, 4.69) is 44.0 Å². The maximum Gasteiger partial charge on any atom is 0.407 e. The van der Waals surface area contributed by atoms with Crippen molar-refractivity contribution in [3.63, 3.8) is 0 Å². The molecule has 5 heterocycles. The van der Waals surface area contributed by atoms with Crippen molar-refractivity contribution in [2.75, 3.05) is 41.4 Å². The summed E-state index contributed by atoms with van der Waals surface area (Å²) in [4.78, 5) is 42.5. The van der Waals surface area contributed by atoms with Gasteiger partial charge in [-0.2, -0.15) is 15.3 Å². The number of aromatic nitrogens is 5. The molecule has 6 rings (SSSR count). The number of rotatable bonds is 14. The van der Waals surface area contributed by atoms with Gasteiger partial charge >= 0.3 is 12.1 Å². The Bertz CT molecular complexity index is 1780. The topological polar surface area (TPSA) is 166 Å². The molecule has 0 bridgehead atoms. The summed E-state index contributed by atoms with van der Waals surface area (Å²) in [7, 11) is 1.87. The molecule has 2 aliphatic heterocycles. The van der Waals surface area contributed by atoms with Crippen molar-refractivity contribution in [2.45, 2.75) is 57.2 Å². The van der Waals surface area contributed by atoms with Gasteiger partial charge in [-0.25, -0.2) is 19.6 Å². The van der Waals surface area contributed by atoms with Crippen molar-refractivity contribution in [1.82, 2.24) is 35.4 Å². The summed E-state index contributed by atoms with van der Waals surface area (Å²) >= 11 is 0. The maximum atomic E-state index is 13.5. The fourth-order valence-corrected chi connectivity index (χ4v) is 6.22. The number of urea groups is 1. The molecule has 0 saturated carbocycles. The first kappa shape index (κ1) is 33.2. The number of nitrogens with zero attached hydrogens (tertiary/aromatic N) is 8. The molecule has 3 N–H and O–H groups in total. The number of unbranched alkanes of at least 4 members (excludes halogenated alkanes) is 1.